The van der Waals surface area contributed by atoms with Crippen LogP contribution in [0.25, 0.3) is 0 Å². The molecule has 100 valence electrons. The van der Waals surface area contributed by atoms with Crippen molar-refractivity contribution >= 4 is 55.8 Å². The molecule has 0 aliphatic heterocycles. The van der Waals surface area contributed by atoms with Crippen LogP contribution in [-0.2, 0) is 5.54 Å². The predicted octanol–water partition coefficient (Wildman–Crippen LogP) is 4.39. The Balaban J connectivity index is 2.22. The SMILES string of the molecule is CC(CBr)(NC(=O)c1csc(I)c1)c1ccccc1. The number of carbonyl (C=O) groups excluding carboxylic acids is 1. The number of rotatable bonds is 4. The summed E-state index contributed by atoms with van der Waals surface area (Å²) in [6, 6.07) is 11.9. The van der Waals surface area contributed by atoms with Crippen molar-refractivity contribution in [3.05, 3.63) is 55.8 Å². The van der Waals surface area contributed by atoms with Crippen molar-refractivity contribution in [2.75, 3.05) is 5.33 Å². The van der Waals surface area contributed by atoms with Gasteiger partial charge in [-0.2, -0.15) is 0 Å². The van der Waals surface area contributed by atoms with Gasteiger partial charge in [0.25, 0.3) is 5.91 Å². The summed E-state index contributed by atoms with van der Waals surface area (Å²) in [5.74, 6) is -0.0371. The minimum atomic E-state index is -0.411. The van der Waals surface area contributed by atoms with E-state index in [1.54, 1.807) is 11.3 Å². The van der Waals surface area contributed by atoms with Gasteiger partial charge in [0.1, 0.15) is 0 Å². The molecule has 19 heavy (non-hydrogen) atoms. The van der Waals surface area contributed by atoms with Crippen molar-refractivity contribution in [1.29, 1.82) is 0 Å². The van der Waals surface area contributed by atoms with Crippen LogP contribution >= 0.6 is 49.9 Å². The van der Waals surface area contributed by atoms with Crippen LogP contribution < -0.4 is 5.32 Å². The summed E-state index contributed by atoms with van der Waals surface area (Å²) in [5, 5.41) is 5.66. The molecule has 0 radical (unpaired) electrons. The number of hydrogen-bond donors (Lipinski definition) is 1. The average molecular weight is 450 g/mol. The van der Waals surface area contributed by atoms with E-state index in [4.69, 9.17) is 0 Å². The minimum absolute atomic E-state index is 0.0371. The van der Waals surface area contributed by atoms with Crippen molar-refractivity contribution in [2.45, 2.75) is 12.5 Å². The Morgan fingerprint density at radius 2 is 2.11 bits per heavy atom. The number of carbonyl (C=O) groups is 1. The zero-order valence-corrected chi connectivity index (χ0v) is 14.9. The Morgan fingerprint density at radius 3 is 2.63 bits per heavy atom. The summed E-state index contributed by atoms with van der Waals surface area (Å²) in [7, 11) is 0. The first-order chi connectivity index (χ1) is 9.05. The van der Waals surface area contributed by atoms with Gasteiger partial charge in [-0.05, 0) is 41.1 Å². The first-order valence-electron chi connectivity index (χ1n) is 5.73. The van der Waals surface area contributed by atoms with Gasteiger partial charge in [-0.25, -0.2) is 0 Å². The molecular formula is C14H13BrINOS. The fourth-order valence-electron chi connectivity index (χ4n) is 1.74. The Bertz CT molecular complexity index is 572. The standard InChI is InChI=1S/C14H13BrINOS/c1-14(9-15,11-5-3-2-4-6-11)17-13(18)10-7-12(16)19-8-10/h2-8H,9H2,1H3,(H,17,18). The van der Waals surface area contributed by atoms with E-state index in [1.165, 1.54) is 0 Å². The molecule has 0 spiro atoms. The van der Waals surface area contributed by atoms with E-state index < -0.39 is 5.54 Å². The first kappa shape index (κ1) is 15.0. The van der Waals surface area contributed by atoms with E-state index in [0.29, 0.717) is 5.33 Å². The van der Waals surface area contributed by atoms with E-state index in [2.05, 4.69) is 43.8 Å². The molecule has 5 heteroatoms. The lowest BCUT2D eigenvalue weighted by Crippen LogP contribution is -2.44. The lowest BCUT2D eigenvalue weighted by atomic mass is 9.94. The van der Waals surface area contributed by atoms with Crippen LogP contribution in [0.15, 0.2) is 41.8 Å². The van der Waals surface area contributed by atoms with Crippen molar-refractivity contribution in [3.8, 4) is 0 Å². The molecule has 1 amide bonds. The number of alkyl halides is 1. The maximum atomic E-state index is 12.3. The maximum Gasteiger partial charge on any atom is 0.252 e. The molecule has 1 atom stereocenters. The Morgan fingerprint density at radius 1 is 1.42 bits per heavy atom. The number of nitrogens with one attached hydrogen (secondary N) is 1. The number of halogens is 2. The van der Waals surface area contributed by atoms with Crippen molar-refractivity contribution in [1.82, 2.24) is 5.32 Å². The Hall–Kier alpha value is -0.400. The molecule has 1 aromatic heterocycles. The summed E-state index contributed by atoms with van der Waals surface area (Å²) in [6.45, 7) is 2.02. The molecule has 2 rings (SSSR count). The fraction of sp³-hybridized carbons (Fsp3) is 0.214. The highest BCUT2D eigenvalue weighted by Gasteiger charge is 2.27. The van der Waals surface area contributed by atoms with Crippen LogP contribution in [0.4, 0.5) is 0 Å². The molecule has 2 aromatic rings. The highest BCUT2D eigenvalue weighted by Crippen LogP contribution is 2.24. The van der Waals surface area contributed by atoms with E-state index in [0.717, 1.165) is 14.0 Å². The molecule has 0 aliphatic carbocycles. The first-order valence-corrected chi connectivity index (χ1v) is 8.81. The van der Waals surface area contributed by atoms with Crippen molar-refractivity contribution in [2.24, 2.45) is 0 Å². The third-order valence-corrected chi connectivity index (χ3v) is 5.81. The smallest absolute Gasteiger partial charge is 0.252 e. The van der Waals surface area contributed by atoms with E-state index in [-0.39, 0.29) is 5.91 Å². The summed E-state index contributed by atoms with van der Waals surface area (Å²) in [5.41, 5.74) is 1.40. The van der Waals surface area contributed by atoms with Gasteiger partial charge in [0.05, 0.1) is 14.0 Å². The molecule has 1 N–H and O–H groups in total. The maximum absolute atomic E-state index is 12.3. The molecular weight excluding hydrogens is 437 g/mol. The molecule has 0 bridgehead atoms. The number of amides is 1. The molecule has 1 aromatic carbocycles. The largest absolute Gasteiger partial charge is 0.342 e. The minimum Gasteiger partial charge on any atom is -0.342 e. The number of hydrogen-bond acceptors (Lipinski definition) is 2. The third kappa shape index (κ3) is 3.58. The van der Waals surface area contributed by atoms with Crippen molar-refractivity contribution in [3.63, 3.8) is 0 Å². The van der Waals surface area contributed by atoms with E-state index in [9.17, 15) is 4.79 Å². The highest BCUT2D eigenvalue weighted by molar-refractivity contribution is 14.1. The van der Waals surface area contributed by atoms with Gasteiger partial charge < -0.3 is 5.32 Å². The normalized spacial score (nSPS) is 13.8. The highest BCUT2D eigenvalue weighted by atomic mass is 127. The monoisotopic (exact) mass is 449 g/mol. The fourth-order valence-corrected chi connectivity index (χ4v) is 3.53. The Labute approximate surface area is 138 Å². The molecule has 0 aliphatic rings. The molecule has 0 saturated carbocycles. The van der Waals surface area contributed by atoms with E-state index in [1.807, 2.05) is 48.7 Å². The predicted molar refractivity (Wildman–Crippen MR) is 92.1 cm³/mol. The topological polar surface area (TPSA) is 29.1 Å². The second-order valence-electron chi connectivity index (χ2n) is 4.43. The lowest BCUT2D eigenvalue weighted by Gasteiger charge is -2.29. The van der Waals surface area contributed by atoms with Crippen LogP contribution in [0.5, 0.6) is 0 Å². The van der Waals surface area contributed by atoms with Crippen LogP contribution in [0, 0.1) is 2.88 Å². The van der Waals surface area contributed by atoms with Crippen LogP contribution in [-0.4, -0.2) is 11.2 Å². The van der Waals surface area contributed by atoms with Gasteiger partial charge in [-0.15, -0.1) is 11.3 Å². The van der Waals surface area contributed by atoms with Gasteiger partial charge in [0.15, 0.2) is 0 Å². The second-order valence-corrected chi connectivity index (χ2v) is 7.79. The summed E-state index contributed by atoms with van der Waals surface area (Å²) >= 11 is 7.30. The van der Waals surface area contributed by atoms with E-state index >= 15 is 0 Å². The zero-order chi connectivity index (χ0) is 13.9. The van der Waals surface area contributed by atoms with Crippen molar-refractivity contribution < 1.29 is 4.79 Å². The van der Waals surface area contributed by atoms with Crippen LogP contribution in [0.1, 0.15) is 22.8 Å². The van der Waals surface area contributed by atoms with Crippen LogP contribution in [0.2, 0.25) is 0 Å². The number of benzene rings is 1. The Kier molecular flexibility index (Phi) is 5.03. The quantitative estimate of drug-likeness (QED) is 0.544. The lowest BCUT2D eigenvalue weighted by molar-refractivity contribution is 0.0914. The molecule has 0 fully saturated rings. The molecule has 1 heterocycles. The van der Waals surface area contributed by atoms with Gasteiger partial charge >= 0.3 is 0 Å². The van der Waals surface area contributed by atoms with Crippen LogP contribution in [0.3, 0.4) is 0 Å². The van der Waals surface area contributed by atoms with Gasteiger partial charge in [0, 0.05) is 10.7 Å². The molecule has 1 unspecified atom stereocenters. The third-order valence-electron chi connectivity index (χ3n) is 2.90. The summed E-state index contributed by atoms with van der Waals surface area (Å²) in [4.78, 5) is 12.3. The van der Waals surface area contributed by atoms with Gasteiger partial charge in [0.2, 0.25) is 0 Å². The summed E-state index contributed by atoms with van der Waals surface area (Å²) in [6.07, 6.45) is 0. The summed E-state index contributed by atoms with van der Waals surface area (Å²) < 4.78 is 1.11. The van der Waals surface area contributed by atoms with Gasteiger partial charge in [-0.3, -0.25) is 4.79 Å². The average Bonchev–Trinajstić information content (AvgIpc) is 2.86. The molecule has 2 nitrogen and oxygen atoms in total. The molecule has 0 saturated heterocycles. The second kappa shape index (κ2) is 6.37. The van der Waals surface area contributed by atoms with Gasteiger partial charge in [-0.1, -0.05) is 46.3 Å². The number of thiophene rings is 1. The zero-order valence-electron chi connectivity index (χ0n) is 10.3.